The van der Waals surface area contributed by atoms with Gasteiger partial charge < -0.3 is 9.88 Å². The van der Waals surface area contributed by atoms with E-state index < -0.39 is 0 Å². The number of amides is 1. The second kappa shape index (κ2) is 7.23. The Bertz CT molecular complexity index is 1230. The fourth-order valence-corrected chi connectivity index (χ4v) is 4.58. The van der Waals surface area contributed by atoms with Crippen molar-refractivity contribution in [3.8, 4) is 0 Å². The summed E-state index contributed by atoms with van der Waals surface area (Å²) in [6.45, 7) is 7.58. The summed E-state index contributed by atoms with van der Waals surface area (Å²) in [6, 6.07) is 6.19. The molecule has 0 spiro atoms. The second-order valence-corrected chi connectivity index (χ2v) is 8.44. The SMILES string of the molecule is Cc1cc(C(=O)N2CCC(c3c[nH]c4ncccc34)CC2)c2cnn(C(C)C)c2n1. The molecule has 0 atom stereocenters. The lowest BCUT2D eigenvalue weighted by Gasteiger charge is -2.32. The van der Waals surface area contributed by atoms with E-state index in [2.05, 4.69) is 46.2 Å². The van der Waals surface area contributed by atoms with Gasteiger partial charge in [-0.15, -0.1) is 0 Å². The Balaban J connectivity index is 1.38. The molecule has 1 saturated heterocycles. The molecule has 154 valence electrons. The van der Waals surface area contributed by atoms with Crippen LogP contribution in [0, 0.1) is 6.92 Å². The van der Waals surface area contributed by atoms with Gasteiger partial charge in [0.05, 0.1) is 17.1 Å². The molecule has 7 nitrogen and oxygen atoms in total. The molecule has 1 amide bonds. The summed E-state index contributed by atoms with van der Waals surface area (Å²) in [5, 5.41) is 6.50. The van der Waals surface area contributed by atoms with Gasteiger partial charge in [0.15, 0.2) is 5.65 Å². The first-order valence-corrected chi connectivity index (χ1v) is 10.6. The van der Waals surface area contributed by atoms with Gasteiger partial charge in [-0.2, -0.15) is 5.10 Å². The lowest BCUT2D eigenvalue weighted by atomic mass is 9.89. The molecule has 1 N–H and O–H groups in total. The quantitative estimate of drug-likeness (QED) is 0.556. The number of aromatic amines is 1. The molecule has 30 heavy (non-hydrogen) atoms. The largest absolute Gasteiger partial charge is 0.346 e. The molecular formula is C23H26N6O. The van der Waals surface area contributed by atoms with Gasteiger partial charge in [-0.3, -0.25) is 4.79 Å². The maximum atomic E-state index is 13.4. The van der Waals surface area contributed by atoms with E-state index in [1.165, 1.54) is 10.9 Å². The van der Waals surface area contributed by atoms with Gasteiger partial charge in [-0.25, -0.2) is 14.6 Å². The molecule has 5 rings (SSSR count). The summed E-state index contributed by atoms with van der Waals surface area (Å²) in [5.74, 6) is 0.516. The number of aromatic nitrogens is 5. The van der Waals surface area contributed by atoms with Gasteiger partial charge in [-0.1, -0.05) is 0 Å². The van der Waals surface area contributed by atoms with Crippen molar-refractivity contribution in [3.63, 3.8) is 0 Å². The number of aryl methyl sites for hydroxylation is 1. The number of nitrogens with one attached hydrogen (secondary N) is 1. The number of fused-ring (bicyclic) bond motifs is 2. The number of carbonyl (C=O) groups is 1. The molecule has 7 heteroatoms. The first-order chi connectivity index (χ1) is 14.5. The highest BCUT2D eigenvalue weighted by Gasteiger charge is 2.28. The fourth-order valence-electron chi connectivity index (χ4n) is 4.58. The van der Waals surface area contributed by atoms with Crippen LogP contribution in [0.1, 0.15) is 60.3 Å². The molecule has 4 aromatic heterocycles. The number of nitrogens with zero attached hydrogens (tertiary/aromatic N) is 5. The van der Waals surface area contributed by atoms with Crippen molar-refractivity contribution in [3.05, 3.63) is 53.6 Å². The molecule has 0 unspecified atom stereocenters. The first kappa shape index (κ1) is 18.8. The van der Waals surface area contributed by atoms with E-state index >= 15 is 0 Å². The van der Waals surface area contributed by atoms with E-state index in [4.69, 9.17) is 0 Å². The van der Waals surface area contributed by atoms with Crippen molar-refractivity contribution in [1.82, 2.24) is 29.6 Å². The molecule has 1 fully saturated rings. The van der Waals surface area contributed by atoms with Gasteiger partial charge in [0.2, 0.25) is 0 Å². The number of H-pyrrole nitrogens is 1. The number of piperidine rings is 1. The topological polar surface area (TPSA) is 79.7 Å². The molecular weight excluding hydrogens is 376 g/mol. The number of pyridine rings is 2. The number of rotatable bonds is 3. The summed E-state index contributed by atoms with van der Waals surface area (Å²) in [5.41, 5.74) is 4.58. The van der Waals surface area contributed by atoms with Crippen molar-refractivity contribution >= 4 is 28.0 Å². The number of hydrogen-bond donors (Lipinski definition) is 1. The lowest BCUT2D eigenvalue weighted by Crippen LogP contribution is -2.38. The van der Waals surface area contributed by atoms with Crippen LogP contribution < -0.4 is 0 Å². The third kappa shape index (κ3) is 3.05. The van der Waals surface area contributed by atoms with Crippen LogP contribution in [-0.2, 0) is 0 Å². The van der Waals surface area contributed by atoms with Crippen molar-refractivity contribution in [2.75, 3.05) is 13.1 Å². The minimum atomic E-state index is 0.0767. The molecule has 0 aromatic carbocycles. The Kier molecular flexibility index (Phi) is 4.53. The van der Waals surface area contributed by atoms with Gasteiger partial charge in [0.1, 0.15) is 5.65 Å². The minimum Gasteiger partial charge on any atom is -0.346 e. The van der Waals surface area contributed by atoms with Gasteiger partial charge in [-0.05, 0) is 63.3 Å². The Morgan fingerprint density at radius 1 is 1.23 bits per heavy atom. The normalized spacial score (nSPS) is 15.5. The Morgan fingerprint density at radius 2 is 2.03 bits per heavy atom. The van der Waals surface area contributed by atoms with E-state index in [9.17, 15) is 4.79 Å². The maximum Gasteiger partial charge on any atom is 0.254 e. The zero-order valence-corrected chi connectivity index (χ0v) is 17.6. The van der Waals surface area contributed by atoms with Gasteiger partial charge in [0.25, 0.3) is 5.91 Å². The molecule has 4 aromatic rings. The van der Waals surface area contributed by atoms with E-state index in [0.717, 1.165) is 48.3 Å². The summed E-state index contributed by atoms with van der Waals surface area (Å²) < 4.78 is 1.89. The molecule has 1 aliphatic heterocycles. The standard InChI is InChI=1S/C23H26N6O/c1-14(2)29-22-20(13-26-29)18(11-15(3)27-22)23(30)28-9-6-16(7-10-28)19-12-25-21-17(19)5-4-8-24-21/h4-5,8,11-14,16H,6-7,9-10H2,1-3H3,(H,24,25). The lowest BCUT2D eigenvalue weighted by molar-refractivity contribution is 0.0715. The predicted molar refractivity (Wildman–Crippen MR) is 117 cm³/mol. The van der Waals surface area contributed by atoms with Gasteiger partial charge in [0, 0.05) is 42.6 Å². The molecule has 0 aliphatic carbocycles. The van der Waals surface area contributed by atoms with Crippen LogP contribution in [0.15, 0.2) is 36.8 Å². The Labute approximate surface area is 175 Å². The van der Waals surface area contributed by atoms with Crippen LogP contribution in [0.4, 0.5) is 0 Å². The third-order valence-electron chi connectivity index (χ3n) is 6.12. The predicted octanol–water partition coefficient (Wildman–Crippen LogP) is 4.22. The summed E-state index contributed by atoms with van der Waals surface area (Å²) in [7, 11) is 0. The number of likely N-dealkylation sites (tertiary alicyclic amines) is 1. The molecule has 0 bridgehead atoms. The van der Waals surface area contributed by atoms with Crippen LogP contribution in [0.5, 0.6) is 0 Å². The third-order valence-corrected chi connectivity index (χ3v) is 6.12. The van der Waals surface area contributed by atoms with Crippen LogP contribution in [0.2, 0.25) is 0 Å². The average Bonchev–Trinajstić information content (AvgIpc) is 3.37. The van der Waals surface area contributed by atoms with Crippen LogP contribution in [0.25, 0.3) is 22.1 Å². The Morgan fingerprint density at radius 3 is 2.80 bits per heavy atom. The van der Waals surface area contributed by atoms with E-state index in [0.29, 0.717) is 11.5 Å². The summed E-state index contributed by atoms with van der Waals surface area (Å²) >= 11 is 0. The highest BCUT2D eigenvalue weighted by atomic mass is 16.2. The number of hydrogen-bond acceptors (Lipinski definition) is 4. The fraction of sp³-hybridized carbons (Fsp3) is 0.391. The van der Waals surface area contributed by atoms with E-state index in [1.807, 2.05) is 34.8 Å². The monoisotopic (exact) mass is 402 g/mol. The molecule has 0 radical (unpaired) electrons. The zero-order valence-electron chi connectivity index (χ0n) is 17.6. The maximum absolute atomic E-state index is 13.4. The minimum absolute atomic E-state index is 0.0767. The second-order valence-electron chi connectivity index (χ2n) is 8.44. The van der Waals surface area contributed by atoms with Crippen molar-refractivity contribution in [1.29, 1.82) is 0 Å². The highest BCUT2D eigenvalue weighted by molar-refractivity contribution is 6.05. The smallest absolute Gasteiger partial charge is 0.254 e. The van der Waals surface area contributed by atoms with Crippen LogP contribution in [0.3, 0.4) is 0 Å². The van der Waals surface area contributed by atoms with E-state index in [1.54, 1.807) is 6.20 Å². The van der Waals surface area contributed by atoms with E-state index in [-0.39, 0.29) is 11.9 Å². The highest BCUT2D eigenvalue weighted by Crippen LogP contribution is 2.33. The molecule has 0 saturated carbocycles. The molecule has 1 aliphatic rings. The van der Waals surface area contributed by atoms with Crippen LogP contribution >= 0.6 is 0 Å². The zero-order chi connectivity index (χ0) is 20.8. The average molecular weight is 403 g/mol. The van der Waals surface area contributed by atoms with Crippen LogP contribution in [-0.4, -0.2) is 48.6 Å². The van der Waals surface area contributed by atoms with Crippen molar-refractivity contribution < 1.29 is 4.79 Å². The van der Waals surface area contributed by atoms with Crippen molar-refractivity contribution in [2.45, 2.75) is 45.6 Å². The number of carbonyl (C=O) groups excluding carboxylic acids is 1. The summed E-state index contributed by atoms with van der Waals surface area (Å²) in [6.07, 6.45) is 7.57. The van der Waals surface area contributed by atoms with Crippen molar-refractivity contribution in [2.24, 2.45) is 0 Å². The molecule has 5 heterocycles. The summed E-state index contributed by atoms with van der Waals surface area (Å²) in [4.78, 5) is 27.7. The first-order valence-electron chi connectivity index (χ1n) is 10.6. The van der Waals surface area contributed by atoms with Gasteiger partial charge >= 0.3 is 0 Å². The Hall–Kier alpha value is -3.22.